The predicted molar refractivity (Wildman–Crippen MR) is 211 cm³/mol. The summed E-state index contributed by atoms with van der Waals surface area (Å²) in [6.07, 6.45) is 0.619. The number of nitrogen functional groups attached to an aromatic ring is 1. The van der Waals surface area contributed by atoms with Gasteiger partial charge >= 0.3 is 11.4 Å². The van der Waals surface area contributed by atoms with Crippen molar-refractivity contribution in [3.8, 4) is 33.8 Å². The minimum Gasteiger partial charge on any atom is -0.496 e. The molecule has 0 fully saturated rings. The van der Waals surface area contributed by atoms with Crippen LogP contribution in [-0.4, -0.2) is 60.2 Å². The van der Waals surface area contributed by atoms with E-state index >= 15 is 8.78 Å². The number of rotatable bonds is 10. The van der Waals surface area contributed by atoms with Gasteiger partial charge in [-0.3, -0.25) is 4.79 Å². The molecule has 0 saturated carbocycles. The normalized spacial score (nSPS) is 10.3. The molecule has 288 valence electrons. The van der Waals surface area contributed by atoms with Gasteiger partial charge in [0.2, 0.25) is 5.13 Å². The Bertz CT molecular complexity index is 2260. The number of hydrogen-bond acceptors (Lipinski definition) is 13. The number of carbonyl (C=O) groups is 2. The van der Waals surface area contributed by atoms with E-state index in [4.69, 9.17) is 38.4 Å². The SMILES string of the molecule is COC(=O)Cc1nnc(Cc2ccc(OC)c(-c3cccc(Cl)c3)c2F)s1.COC(=O)Cl.COc1ccc(Cc2nnc(N)s2)c(F)c1-c1cccc(Cl)c1. The van der Waals surface area contributed by atoms with Crippen molar-refractivity contribution in [2.24, 2.45) is 0 Å². The largest absolute Gasteiger partial charge is 0.496 e. The first kappa shape index (κ1) is 42.8. The zero-order valence-electron chi connectivity index (χ0n) is 29.6. The number of halogens is 5. The van der Waals surface area contributed by atoms with E-state index in [1.807, 2.05) is 0 Å². The van der Waals surface area contributed by atoms with Gasteiger partial charge in [0.15, 0.2) is 0 Å². The zero-order chi connectivity index (χ0) is 40.1. The fourth-order valence-electron chi connectivity index (χ4n) is 4.93. The average molecular weight is 851 g/mol. The van der Waals surface area contributed by atoms with Gasteiger partial charge in [-0.25, -0.2) is 13.6 Å². The number of hydrogen-bond donors (Lipinski definition) is 1. The first-order valence-electron chi connectivity index (χ1n) is 15.8. The van der Waals surface area contributed by atoms with Crippen LogP contribution in [0.5, 0.6) is 11.5 Å². The number of methoxy groups -OCH3 is 4. The average Bonchev–Trinajstić information content (AvgIpc) is 3.80. The highest BCUT2D eigenvalue weighted by molar-refractivity contribution is 7.15. The van der Waals surface area contributed by atoms with Crippen LogP contribution in [0, 0.1) is 11.6 Å². The van der Waals surface area contributed by atoms with E-state index in [9.17, 15) is 9.59 Å². The smallest absolute Gasteiger partial charge is 0.403 e. The van der Waals surface area contributed by atoms with Gasteiger partial charge in [0, 0.05) is 34.5 Å². The summed E-state index contributed by atoms with van der Waals surface area (Å²) in [7, 11) is 5.53. The van der Waals surface area contributed by atoms with Crippen LogP contribution in [-0.2, 0) is 33.5 Å². The van der Waals surface area contributed by atoms with Crippen molar-refractivity contribution < 1.29 is 37.3 Å². The lowest BCUT2D eigenvalue weighted by Gasteiger charge is -2.13. The van der Waals surface area contributed by atoms with Crippen LogP contribution < -0.4 is 15.2 Å². The second-order valence-corrected chi connectivity index (χ2v) is 14.3. The third-order valence-corrected chi connectivity index (χ3v) is 9.69. The Morgan fingerprint density at radius 1 is 0.673 bits per heavy atom. The molecule has 2 heterocycles. The van der Waals surface area contributed by atoms with Crippen molar-refractivity contribution >= 4 is 74.0 Å². The van der Waals surface area contributed by atoms with E-state index in [-0.39, 0.29) is 18.7 Å². The standard InChI is InChI=1S/C19H16ClFN2O3S.C16H13ClFN3OS.C2H3ClO2/c1-25-14-7-6-12(9-15-22-23-16(27-15)10-17(24)26-2)19(21)18(14)11-4-3-5-13(20)8-11;1-22-12-6-5-10(8-13-20-21-16(19)23-13)15(18)14(12)9-3-2-4-11(17)7-9;1-5-2(3)4/h3-8H,9-10H2,1-2H3;2-7H,8H2,1H3,(H2,19,21);1H3. The minimum absolute atomic E-state index is 0.0486. The van der Waals surface area contributed by atoms with E-state index in [0.717, 1.165) is 0 Å². The molecule has 11 nitrogen and oxygen atoms in total. The molecule has 18 heteroatoms. The quantitative estimate of drug-likeness (QED) is 0.104. The summed E-state index contributed by atoms with van der Waals surface area (Å²) in [6, 6.07) is 20.7. The van der Waals surface area contributed by atoms with Crippen molar-refractivity contribution in [1.29, 1.82) is 0 Å². The lowest BCUT2D eigenvalue weighted by molar-refractivity contribution is -0.139. The monoisotopic (exact) mass is 849 g/mol. The summed E-state index contributed by atoms with van der Waals surface area (Å²) in [6.45, 7) is 0. The molecular weight excluding hydrogens is 819 g/mol. The minimum atomic E-state index is -0.773. The van der Waals surface area contributed by atoms with Crippen LogP contribution in [0.25, 0.3) is 22.3 Å². The molecule has 0 aliphatic rings. The molecule has 0 bridgehead atoms. The Labute approximate surface area is 337 Å². The summed E-state index contributed by atoms with van der Waals surface area (Å²) in [5.74, 6) is -0.286. The molecule has 6 aromatic rings. The molecule has 2 aromatic heterocycles. The number of esters is 1. The molecule has 0 unspecified atom stereocenters. The van der Waals surface area contributed by atoms with Crippen LogP contribution in [0.2, 0.25) is 10.0 Å². The highest BCUT2D eigenvalue weighted by Crippen LogP contribution is 2.38. The van der Waals surface area contributed by atoms with E-state index in [0.29, 0.717) is 81.5 Å². The summed E-state index contributed by atoms with van der Waals surface area (Å²) in [5, 5.41) is 18.9. The molecule has 0 spiro atoms. The molecule has 0 aliphatic heterocycles. The predicted octanol–water partition coefficient (Wildman–Crippen LogP) is 9.48. The van der Waals surface area contributed by atoms with Gasteiger partial charge in [0.25, 0.3) is 0 Å². The van der Waals surface area contributed by atoms with Gasteiger partial charge in [0.05, 0.1) is 46.0 Å². The molecule has 0 amide bonds. The maximum atomic E-state index is 15.3. The summed E-state index contributed by atoms with van der Waals surface area (Å²) in [4.78, 5) is 20.7. The van der Waals surface area contributed by atoms with Crippen LogP contribution in [0.3, 0.4) is 0 Å². The van der Waals surface area contributed by atoms with Gasteiger partial charge < -0.3 is 24.7 Å². The van der Waals surface area contributed by atoms with Crippen molar-refractivity contribution in [1.82, 2.24) is 20.4 Å². The molecule has 6 rings (SSSR count). The Kier molecular flexibility index (Phi) is 16.1. The number of benzene rings is 4. The number of ether oxygens (including phenoxy) is 4. The first-order valence-corrected chi connectivity index (χ1v) is 18.6. The molecule has 2 N–H and O–H groups in total. The number of anilines is 1. The number of carbonyl (C=O) groups excluding carboxylic acids is 2. The van der Waals surface area contributed by atoms with E-state index in [1.165, 1.54) is 51.1 Å². The van der Waals surface area contributed by atoms with Crippen molar-refractivity contribution in [3.05, 3.63) is 121 Å². The molecular formula is C37H32Cl3F2N5O6S2. The Morgan fingerprint density at radius 3 is 1.53 bits per heavy atom. The van der Waals surface area contributed by atoms with Gasteiger partial charge in [0.1, 0.15) is 38.2 Å². The highest BCUT2D eigenvalue weighted by atomic mass is 35.5. The molecule has 4 aromatic carbocycles. The van der Waals surface area contributed by atoms with Crippen molar-refractivity contribution in [3.63, 3.8) is 0 Å². The second kappa shape index (κ2) is 20.7. The fraction of sp³-hybridized carbons (Fsp3) is 0.189. The Morgan fingerprint density at radius 2 is 1.13 bits per heavy atom. The summed E-state index contributed by atoms with van der Waals surface area (Å²) in [5.41, 5.74) is 7.75. The van der Waals surface area contributed by atoms with Crippen LogP contribution in [0.1, 0.15) is 26.1 Å². The summed E-state index contributed by atoms with van der Waals surface area (Å²) >= 11 is 19.2. The van der Waals surface area contributed by atoms with Gasteiger partial charge in [-0.05, 0) is 58.7 Å². The van der Waals surface area contributed by atoms with E-state index in [2.05, 4.69) is 41.5 Å². The fourth-order valence-corrected chi connectivity index (χ4v) is 6.80. The van der Waals surface area contributed by atoms with Gasteiger partial charge in [-0.1, -0.05) is 70.9 Å². The maximum Gasteiger partial charge on any atom is 0.403 e. The summed E-state index contributed by atoms with van der Waals surface area (Å²) < 4.78 is 49.4. The van der Waals surface area contributed by atoms with Crippen LogP contribution in [0.15, 0.2) is 72.8 Å². The Balaban J connectivity index is 0.000000220. The van der Waals surface area contributed by atoms with Crippen LogP contribution in [0.4, 0.5) is 18.7 Å². The topological polar surface area (TPSA) is 149 Å². The molecule has 0 radical (unpaired) electrons. The number of nitrogens with zero attached hydrogens (tertiary/aromatic N) is 4. The van der Waals surface area contributed by atoms with Crippen molar-refractivity contribution in [2.75, 3.05) is 34.2 Å². The van der Waals surface area contributed by atoms with E-state index in [1.54, 1.807) is 72.8 Å². The third-order valence-electron chi connectivity index (χ3n) is 7.39. The number of nitrogens with two attached hydrogens (primary N) is 1. The molecule has 0 saturated heterocycles. The molecule has 55 heavy (non-hydrogen) atoms. The lowest BCUT2D eigenvalue weighted by Crippen LogP contribution is -2.03. The van der Waals surface area contributed by atoms with Crippen molar-refractivity contribution in [2.45, 2.75) is 19.3 Å². The number of aromatic nitrogens is 4. The first-order chi connectivity index (χ1) is 26.4. The van der Waals surface area contributed by atoms with Gasteiger partial charge in [-0.15, -0.1) is 31.7 Å². The van der Waals surface area contributed by atoms with Crippen LogP contribution >= 0.6 is 57.5 Å². The zero-order valence-corrected chi connectivity index (χ0v) is 33.5. The highest BCUT2D eigenvalue weighted by Gasteiger charge is 2.20. The molecule has 0 atom stereocenters. The lowest BCUT2D eigenvalue weighted by atomic mass is 9.99. The third kappa shape index (κ3) is 12.0. The Hall–Kier alpha value is -4.93. The second-order valence-electron chi connectivity index (χ2n) is 10.9. The van der Waals surface area contributed by atoms with Gasteiger partial charge in [-0.2, -0.15) is 0 Å². The maximum absolute atomic E-state index is 15.3. The van der Waals surface area contributed by atoms with E-state index < -0.39 is 17.2 Å². The molecule has 0 aliphatic carbocycles.